The van der Waals surface area contributed by atoms with Crippen molar-refractivity contribution in [3.63, 3.8) is 0 Å². The molecule has 0 saturated carbocycles. The van der Waals surface area contributed by atoms with Gasteiger partial charge in [-0.2, -0.15) is 61.5 Å². The van der Waals surface area contributed by atoms with Crippen LogP contribution in [0, 0.1) is 0 Å². The molecule has 1 unspecified atom stereocenters. The van der Waals surface area contributed by atoms with Crippen LogP contribution in [0.15, 0.2) is 0 Å². The number of hydrogen-bond donors (Lipinski definition) is 0. The van der Waals surface area contributed by atoms with Crippen LogP contribution in [0.5, 0.6) is 0 Å². The summed E-state index contributed by atoms with van der Waals surface area (Å²) < 4.78 is 225. The molecule has 0 saturated heterocycles. The molecule has 0 N–H and O–H groups in total. The summed E-state index contributed by atoms with van der Waals surface area (Å²) in [4.78, 5) is 0. The Morgan fingerprint density at radius 3 is 0.906 bits per heavy atom. The van der Waals surface area contributed by atoms with Crippen LogP contribution in [0.1, 0.15) is 6.92 Å². The molecule has 0 heterocycles. The Hall–Kier alpha value is -0.940. The van der Waals surface area contributed by atoms with Crippen molar-refractivity contribution in [2.45, 2.75) is 60.6 Å². The Labute approximate surface area is 174 Å². The third kappa shape index (κ3) is 3.85. The summed E-state index contributed by atoms with van der Waals surface area (Å²) in [5, 5.41) is 0. The van der Waals surface area contributed by atoms with Gasteiger partial charge in [0.05, 0.1) is 21.1 Å². The van der Waals surface area contributed by atoms with Gasteiger partial charge in [-0.25, -0.2) is 4.39 Å². The number of halogens is 18. The predicted molar refractivity (Wildman–Crippen MR) is 68.2 cm³/mol. The summed E-state index contributed by atoms with van der Waals surface area (Å²) in [5.74, 6) is -56.0. The molecule has 0 aromatic rings. The highest BCUT2D eigenvalue weighted by Crippen LogP contribution is 2.64. The second kappa shape index (κ2) is 8.08. The Morgan fingerprint density at radius 1 is 0.469 bits per heavy atom. The first-order valence-corrected chi connectivity index (χ1v) is 7.42. The van der Waals surface area contributed by atoms with Crippen molar-refractivity contribution in [3.8, 4) is 0 Å². The van der Waals surface area contributed by atoms with Crippen LogP contribution in [0.4, 0.5) is 74.6 Å². The van der Waals surface area contributed by atoms with Crippen LogP contribution in [-0.4, -0.2) is 79.3 Å². The molecule has 0 aromatic heterocycles. The van der Waals surface area contributed by atoms with Gasteiger partial charge < -0.3 is 12.4 Å². The molecule has 0 aliphatic carbocycles. The fourth-order valence-corrected chi connectivity index (χ4v) is 1.86. The zero-order chi connectivity index (χ0) is 26.1. The quantitative estimate of drug-likeness (QED) is 0.239. The van der Waals surface area contributed by atoms with Gasteiger partial charge in [0.15, 0.2) is 6.17 Å². The fraction of sp³-hybridized carbons (Fsp3) is 1.00. The van der Waals surface area contributed by atoms with E-state index in [1.807, 2.05) is 0 Å². The molecule has 0 rings (SSSR count). The van der Waals surface area contributed by atoms with E-state index < -0.39 is 65.1 Å². The zero-order valence-electron chi connectivity index (χ0n) is 15.8. The van der Waals surface area contributed by atoms with E-state index in [1.54, 1.807) is 0 Å². The minimum Gasteiger partial charge on any atom is -1.00 e. The number of rotatable bonds is 9. The standard InChI is InChI=1S/C13H13F17N.ClH/c1-5(14)6(15,16)7(17,18)8(19,20)9(21,22)10(23,24)11(25,26)12(27,28)13(29,30)31(2,3)4;/h5H,1-4H3;1H/q+1;/p-1. The molecule has 0 spiro atoms. The van der Waals surface area contributed by atoms with Gasteiger partial charge >= 0.3 is 47.5 Å². The molecule has 0 aliphatic heterocycles. The molecule has 1 nitrogen and oxygen atoms in total. The van der Waals surface area contributed by atoms with Crippen molar-refractivity contribution in [1.29, 1.82) is 0 Å². The molecular formula is C13H13ClF17N. The van der Waals surface area contributed by atoms with Crippen LogP contribution in [0.2, 0.25) is 0 Å². The lowest BCUT2D eigenvalue weighted by atomic mass is 9.87. The van der Waals surface area contributed by atoms with Crippen molar-refractivity contribution in [1.82, 2.24) is 0 Å². The normalized spacial score (nSPS) is 17.2. The van der Waals surface area contributed by atoms with Gasteiger partial charge in [0.25, 0.3) is 0 Å². The summed E-state index contributed by atoms with van der Waals surface area (Å²) in [7, 11) is -0.148. The molecule has 0 radical (unpaired) electrons. The van der Waals surface area contributed by atoms with Crippen molar-refractivity contribution in [2.75, 3.05) is 21.1 Å². The van der Waals surface area contributed by atoms with E-state index in [1.165, 1.54) is 0 Å². The first kappa shape index (κ1) is 33.2. The number of hydrogen-bond acceptors (Lipinski definition) is 0. The molecule has 0 aromatic carbocycles. The van der Waals surface area contributed by atoms with Gasteiger partial charge in [-0.3, -0.25) is 4.48 Å². The van der Waals surface area contributed by atoms with Crippen molar-refractivity contribution in [3.05, 3.63) is 0 Å². The summed E-state index contributed by atoms with van der Waals surface area (Å²) >= 11 is 0. The van der Waals surface area contributed by atoms with E-state index in [4.69, 9.17) is 0 Å². The highest BCUT2D eigenvalue weighted by atomic mass is 35.5. The van der Waals surface area contributed by atoms with Gasteiger partial charge in [-0.15, -0.1) is 8.78 Å². The third-order valence-corrected chi connectivity index (χ3v) is 4.11. The topological polar surface area (TPSA) is 0 Å². The molecule has 196 valence electrons. The smallest absolute Gasteiger partial charge is 0.461 e. The van der Waals surface area contributed by atoms with Crippen LogP contribution in [0.3, 0.4) is 0 Å². The summed E-state index contributed by atoms with van der Waals surface area (Å²) in [6.07, 6.45) is -4.47. The van der Waals surface area contributed by atoms with Crippen LogP contribution < -0.4 is 12.4 Å². The van der Waals surface area contributed by atoms with Crippen molar-refractivity contribution < 1.29 is 91.5 Å². The van der Waals surface area contributed by atoms with Gasteiger partial charge in [0, 0.05) is 0 Å². The first-order valence-electron chi connectivity index (χ1n) is 7.42. The maximum Gasteiger partial charge on any atom is 0.461 e. The minimum absolute atomic E-state index is 0. The SMILES string of the molecule is CC(F)C(F)(F)C(F)(F)C(F)(F)C(F)(F)C(F)(F)C(F)(F)C(F)(F)C(F)(F)[N+](C)(C)C.[Cl-]. The van der Waals surface area contributed by atoms with E-state index >= 15 is 0 Å². The van der Waals surface area contributed by atoms with Gasteiger partial charge in [-0.05, 0) is 6.92 Å². The van der Waals surface area contributed by atoms with Crippen LogP contribution in [-0.2, 0) is 0 Å². The monoisotopic (exact) mass is 541 g/mol. The van der Waals surface area contributed by atoms with E-state index in [0.29, 0.717) is 0 Å². The second-order valence-electron chi connectivity index (χ2n) is 7.24. The largest absolute Gasteiger partial charge is 1.00 e. The Balaban J connectivity index is 0. The second-order valence-corrected chi connectivity index (χ2v) is 7.24. The lowest BCUT2D eigenvalue weighted by Gasteiger charge is -2.45. The molecule has 32 heavy (non-hydrogen) atoms. The van der Waals surface area contributed by atoms with Crippen LogP contribution >= 0.6 is 0 Å². The van der Waals surface area contributed by atoms with Gasteiger partial charge in [0.1, 0.15) is 0 Å². The average molecular weight is 542 g/mol. The van der Waals surface area contributed by atoms with Crippen molar-refractivity contribution >= 4 is 0 Å². The molecule has 19 heteroatoms. The lowest BCUT2D eigenvalue weighted by molar-refractivity contribution is -0.975. The minimum atomic E-state index is -8.53. The Morgan fingerprint density at radius 2 is 0.688 bits per heavy atom. The molecule has 0 bridgehead atoms. The summed E-state index contributed by atoms with van der Waals surface area (Å²) in [6, 6.07) is -6.43. The number of quaternary nitrogens is 1. The van der Waals surface area contributed by atoms with E-state index in [0.717, 1.165) is 0 Å². The number of nitrogens with zero attached hydrogens (tertiary/aromatic N) is 1. The third-order valence-electron chi connectivity index (χ3n) is 4.11. The Kier molecular flexibility index (Phi) is 8.39. The van der Waals surface area contributed by atoms with Crippen molar-refractivity contribution in [2.24, 2.45) is 0 Å². The lowest BCUT2D eigenvalue weighted by Crippen LogP contribution is -3.00. The van der Waals surface area contributed by atoms with E-state index in [9.17, 15) is 74.6 Å². The summed E-state index contributed by atoms with van der Waals surface area (Å²) in [6.45, 7) is -0.634. The first-order chi connectivity index (χ1) is 12.9. The number of alkyl halides is 17. The molecule has 0 fully saturated rings. The average Bonchev–Trinajstić information content (AvgIpc) is 2.52. The molecular weight excluding hydrogens is 529 g/mol. The Bertz CT molecular complexity index is 664. The van der Waals surface area contributed by atoms with Gasteiger partial charge in [-0.1, -0.05) is 0 Å². The highest BCUT2D eigenvalue weighted by molar-refractivity contribution is 5.15. The molecule has 0 aliphatic rings. The highest BCUT2D eigenvalue weighted by Gasteiger charge is 2.96. The summed E-state index contributed by atoms with van der Waals surface area (Å²) in [5.41, 5.74) is 0. The molecule has 0 amide bonds. The zero-order valence-corrected chi connectivity index (χ0v) is 16.6. The van der Waals surface area contributed by atoms with E-state index in [-0.39, 0.29) is 33.6 Å². The van der Waals surface area contributed by atoms with Crippen LogP contribution in [0.25, 0.3) is 0 Å². The van der Waals surface area contributed by atoms with Gasteiger partial charge in [0.2, 0.25) is 0 Å². The van der Waals surface area contributed by atoms with E-state index in [2.05, 4.69) is 0 Å². The predicted octanol–water partition coefficient (Wildman–Crippen LogP) is 3.09. The maximum absolute atomic E-state index is 13.6. The fourth-order valence-electron chi connectivity index (χ4n) is 1.86. The molecule has 1 atom stereocenters. The maximum atomic E-state index is 13.6.